The maximum atomic E-state index is 12.5. The second kappa shape index (κ2) is 10.6. The first-order chi connectivity index (χ1) is 12.4. The van der Waals surface area contributed by atoms with Crippen LogP contribution in [0.15, 0.2) is 58.4 Å². The minimum Gasteiger partial charge on any atom is -0.352 e. The molecule has 0 aliphatic carbocycles. The number of benzene rings is 2. The third-order valence-corrected chi connectivity index (χ3v) is 6.02. The topological polar surface area (TPSA) is 73.8 Å². The van der Waals surface area contributed by atoms with Crippen LogP contribution in [0.25, 0.3) is 0 Å². The highest BCUT2D eigenvalue weighted by Crippen LogP contribution is 2.18. The van der Waals surface area contributed by atoms with Crippen molar-refractivity contribution >= 4 is 40.0 Å². The van der Waals surface area contributed by atoms with Crippen molar-refractivity contribution in [2.24, 2.45) is 4.99 Å². The zero-order chi connectivity index (χ0) is 19.2. The Morgan fingerprint density at radius 3 is 2.04 bits per heavy atom. The molecule has 0 heterocycles. The summed E-state index contributed by atoms with van der Waals surface area (Å²) in [5, 5.41) is 6.44. The summed E-state index contributed by atoms with van der Waals surface area (Å²) in [6.07, 6.45) is 0. The molecule has 0 saturated carbocycles. The fraction of sp³-hybridized carbons (Fsp3) is 0.316. The molecular weight excluding hydrogens is 475 g/mol. The van der Waals surface area contributed by atoms with Crippen LogP contribution < -0.4 is 10.6 Å². The van der Waals surface area contributed by atoms with Gasteiger partial charge < -0.3 is 10.6 Å². The number of hydrogen-bond acceptors (Lipinski definition) is 3. The molecule has 2 aromatic rings. The number of hydrogen-bond donors (Lipinski definition) is 2. The zero-order valence-corrected chi connectivity index (χ0v) is 19.2. The molecule has 0 spiro atoms. The van der Waals surface area contributed by atoms with Gasteiger partial charge in [0.2, 0.25) is 10.0 Å². The first kappa shape index (κ1) is 23.4. The number of halogens is 1. The number of sulfonamides is 1. The van der Waals surface area contributed by atoms with Crippen molar-refractivity contribution in [3.8, 4) is 0 Å². The van der Waals surface area contributed by atoms with E-state index < -0.39 is 10.0 Å². The van der Waals surface area contributed by atoms with Gasteiger partial charge in [-0.15, -0.1) is 24.0 Å². The molecule has 0 unspecified atom stereocenters. The van der Waals surface area contributed by atoms with Crippen LogP contribution in [0.4, 0.5) is 0 Å². The molecule has 0 radical (unpaired) electrons. The summed E-state index contributed by atoms with van der Waals surface area (Å²) in [5.41, 5.74) is 3.09. The number of guanidine groups is 1. The van der Waals surface area contributed by atoms with Gasteiger partial charge in [-0.3, -0.25) is 4.99 Å². The van der Waals surface area contributed by atoms with Crippen LogP contribution in [-0.2, 0) is 23.1 Å². The summed E-state index contributed by atoms with van der Waals surface area (Å²) in [4.78, 5) is 4.51. The second-order valence-corrected chi connectivity index (χ2v) is 8.22. The minimum absolute atomic E-state index is 0. The number of rotatable bonds is 6. The molecule has 0 aliphatic heterocycles. The van der Waals surface area contributed by atoms with Crippen LogP contribution in [0.3, 0.4) is 0 Å². The van der Waals surface area contributed by atoms with Gasteiger partial charge in [0.05, 0.1) is 4.90 Å². The maximum Gasteiger partial charge on any atom is 0.242 e. The summed E-state index contributed by atoms with van der Waals surface area (Å²) in [7, 11) is 1.26. The van der Waals surface area contributed by atoms with E-state index in [1.807, 2.05) is 18.2 Å². The predicted molar refractivity (Wildman–Crippen MR) is 121 cm³/mol. The van der Waals surface area contributed by atoms with Crippen molar-refractivity contribution in [3.63, 3.8) is 0 Å². The number of aliphatic imine (C=N–C) groups is 1. The van der Waals surface area contributed by atoms with Crippen molar-refractivity contribution in [2.75, 3.05) is 21.1 Å². The maximum absolute atomic E-state index is 12.5. The fourth-order valence-electron chi connectivity index (χ4n) is 2.49. The lowest BCUT2D eigenvalue weighted by molar-refractivity contribution is 0.519. The van der Waals surface area contributed by atoms with Crippen molar-refractivity contribution < 1.29 is 8.42 Å². The van der Waals surface area contributed by atoms with E-state index in [4.69, 9.17) is 0 Å². The summed E-state index contributed by atoms with van der Waals surface area (Å²) >= 11 is 0. The third kappa shape index (κ3) is 6.18. The summed E-state index contributed by atoms with van der Waals surface area (Å²) in [6, 6.07) is 15.1. The van der Waals surface area contributed by atoms with E-state index in [9.17, 15) is 8.42 Å². The average molecular weight is 502 g/mol. The molecule has 0 fully saturated rings. The Labute approximate surface area is 179 Å². The molecule has 6 nitrogen and oxygen atoms in total. The SMILES string of the molecule is CN=C(NCc1ccccc1C)NCc1ccccc1S(=O)(=O)N(C)C.I. The molecule has 2 N–H and O–H groups in total. The van der Waals surface area contributed by atoms with Crippen LogP contribution in [0.5, 0.6) is 0 Å². The van der Waals surface area contributed by atoms with Crippen molar-refractivity contribution in [1.29, 1.82) is 0 Å². The van der Waals surface area contributed by atoms with E-state index in [2.05, 4.69) is 34.7 Å². The Morgan fingerprint density at radius 1 is 0.963 bits per heavy atom. The van der Waals surface area contributed by atoms with Gasteiger partial charge in [-0.05, 0) is 29.7 Å². The molecular formula is C19H27IN4O2S. The Kier molecular flexibility index (Phi) is 9.20. The van der Waals surface area contributed by atoms with E-state index in [1.165, 1.54) is 29.5 Å². The molecule has 0 atom stereocenters. The first-order valence-corrected chi connectivity index (χ1v) is 9.79. The van der Waals surface area contributed by atoms with Gasteiger partial charge in [-0.25, -0.2) is 12.7 Å². The van der Waals surface area contributed by atoms with E-state index in [-0.39, 0.29) is 24.0 Å². The molecule has 2 aromatic carbocycles. The van der Waals surface area contributed by atoms with Crippen molar-refractivity contribution in [1.82, 2.24) is 14.9 Å². The normalized spacial score (nSPS) is 11.8. The van der Waals surface area contributed by atoms with Crippen molar-refractivity contribution in [3.05, 3.63) is 65.2 Å². The number of aryl methyl sites for hydroxylation is 1. The minimum atomic E-state index is -3.49. The third-order valence-electron chi connectivity index (χ3n) is 4.11. The van der Waals surface area contributed by atoms with Gasteiger partial charge in [-0.2, -0.15) is 0 Å². The molecule has 0 amide bonds. The molecule has 0 aliphatic rings. The van der Waals surface area contributed by atoms with Gasteiger partial charge in [-0.1, -0.05) is 42.5 Å². The van der Waals surface area contributed by atoms with E-state index in [0.29, 0.717) is 29.5 Å². The quantitative estimate of drug-likeness (QED) is 0.362. The molecule has 0 saturated heterocycles. The Hall–Kier alpha value is -1.65. The van der Waals surface area contributed by atoms with Crippen LogP contribution in [0, 0.1) is 6.92 Å². The second-order valence-electron chi connectivity index (χ2n) is 6.10. The monoisotopic (exact) mass is 502 g/mol. The number of nitrogens with zero attached hydrogens (tertiary/aromatic N) is 2. The van der Waals surface area contributed by atoms with Crippen LogP contribution >= 0.6 is 24.0 Å². The number of nitrogens with one attached hydrogen (secondary N) is 2. The highest BCUT2D eigenvalue weighted by Gasteiger charge is 2.20. The lowest BCUT2D eigenvalue weighted by atomic mass is 10.1. The average Bonchev–Trinajstić information content (AvgIpc) is 2.63. The molecule has 27 heavy (non-hydrogen) atoms. The van der Waals surface area contributed by atoms with Gasteiger partial charge in [0.15, 0.2) is 5.96 Å². The molecule has 2 rings (SSSR count). The standard InChI is InChI=1S/C19H26N4O2S.HI/c1-15-9-5-6-10-16(15)13-21-19(20-2)22-14-17-11-7-8-12-18(17)26(24,25)23(3)4;/h5-12H,13-14H2,1-4H3,(H2,20,21,22);1H. The lowest BCUT2D eigenvalue weighted by Gasteiger charge is -2.17. The van der Waals surface area contributed by atoms with Crippen LogP contribution in [0.1, 0.15) is 16.7 Å². The highest BCUT2D eigenvalue weighted by molar-refractivity contribution is 14.0. The van der Waals surface area contributed by atoms with Gasteiger partial charge in [0, 0.05) is 34.2 Å². The van der Waals surface area contributed by atoms with Crippen LogP contribution in [0.2, 0.25) is 0 Å². The summed E-state index contributed by atoms with van der Waals surface area (Å²) < 4.78 is 26.2. The zero-order valence-electron chi connectivity index (χ0n) is 16.1. The lowest BCUT2D eigenvalue weighted by Crippen LogP contribution is -2.37. The van der Waals surface area contributed by atoms with Crippen LogP contribution in [-0.4, -0.2) is 39.8 Å². The van der Waals surface area contributed by atoms with Gasteiger partial charge >= 0.3 is 0 Å². The van der Waals surface area contributed by atoms with E-state index >= 15 is 0 Å². The Bertz CT molecular complexity index is 883. The Morgan fingerprint density at radius 2 is 1.48 bits per heavy atom. The molecule has 148 valence electrons. The summed E-state index contributed by atoms with van der Waals surface area (Å²) in [6.45, 7) is 3.07. The van der Waals surface area contributed by atoms with Gasteiger partial charge in [0.25, 0.3) is 0 Å². The summed E-state index contributed by atoms with van der Waals surface area (Å²) in [5.74, 6) is 0.616. The molecule has 0 aromatic heterocycles. The highest BCUT2D eigenvalue weighted by atomic mass is 127. The Balaban J connectivity index is 0.00000364. The smallest absolute Gasteiger partial charge is 0.242 e. The van der Waals surface area contributed by atoms with E-state index in [1.54, 1.807) is 25.2 Å². The first-order valence-electron chi connectivity index (χ1n) is 8.35. The van der Waals surface area contributed by atoms with E-state index in [0.717, 1.165) is 0 Å². The predicted octanol–water partition coefficient (Wildman–Crippen LogP) is 2.73. The fourth-order valence-corrected chi connectivity index (χ4v) is 3.60. The van der Waals surface area contributed by atoms with Crippen molar-refractivity contribution in [2.45, 2.75) is 24.9 Å². The molecule has 8 heteroatoms. The molecule has 0 bridgehead atoms. The van der Waals surface area contributed by atoms with Gasteiger partial charge in [0.1, 0.15) is 0 Å². The largest absolute Gasteiger partial charge is 0.352 e.